The Morgan fingerprint density at radius 2 is 0.434 bits per heavy atom. The first-order valence-electron chi connectivity index (χ1n) is 37.5. The third kappa shape index (κ3) is 70.3. The molecule has 1 atom stereocenters. The zero-order valence-electron chi connectivity index (χ0n) is 56.2. The van der Waals surface area contributed by atoms with E-state index in [1.54, 1.807) is 0 Å². The Hall–Kier alpha value is -2.37. The van der Waals surface area contributed by atoms with Gasteiger partial charge in [-0.25, -0.2) is 0 Å². The Morgan fingerprint density at radius 1 is 0.241 bits per heavy atom. The van der Waals surface area contributed by atoms with E-state index in [1.807, 2.05) is 0 Å². The van der Waals surface area contributed by atoms with E-state index >= 15 is 0 Å². The molecule has 0 rings (SSSR count). The summed E-state index contributed by atoms with van der Waals surface area (Å²) in [4.78, 5) is 38.2. The quantitative estimate of drug-likeness (QED) is 0.0261. The van der Waals surface area contributed by atoms with Gasteiger partial charge in [0.1, 0.15) is 13.2 Å². The van der Waals surface area contributed by atoms with Crippen LogP contribution in [0, 0.1) is 0 Å². The third-order valence-corrected chi connectivity index (χ3v) is 17.1. The molecule has 0 aromatic heterocycles. The average Bonchev–Trinajstić information content (AvgIpc) is 3.50. The molecule has 0 bridgehead atoms. The van der Waals surface area contributed by atoms with Crippen LogP contribution in [0.5, 0.6) is 0 Å². The minimum Gasteiger partial charge on any atom is -0.462 e. The number of hydrogen-bond acceptors (Lipinski definition) is 6. The van der Waals surface area contributed by atoms with Crippen molar-refractivity contribution in [3.63, 3.8) is 0 Å². The monoisotopic (exact) mass is 1170 g/mol. The van der Waals surface area contributed by atoms with E-state index in [2.05, 4.69) is 57.2 Å². The fourth-order valence-electron chi connectivity index (χ4n) is 11.5. The van der Waals surface area contributed by atoms with E-state index in [4.69, 9.17) is 14.2 Å². The van der Waals surface area contributed by atoms with Gasteiger partial charge < -0.3 is 14.2 Å². The Bertz CT molecular complexity index is 1380. The summed E-state index contributed by atoms with van der Waals surface area (Å²) in [5, 5.41) is 0. The van der Waals surface area contributed by atoms with Crippen molar-refractivity contribution in [2.45, 2.75) is 425 Å². The highest BCUT2D eigenvalue weighted by Crippen LogP contribution is 2.19. The largest absolute Gasteiger partial charge is 0.462 e. The van der Waals surface area contributed by atoms with Gasteiger partial charge in [-0.05, 0) is 57.8 Å². The van der Waals surface area contributed by atoms with Crippen LogP contribution >= 0.6 is 0 Å². The van der Waals surface area contributed by atoms with Gasteiger partial charge in [0.25, 0.3) is 0 Å². The molecule has 0 saturated heterocycles. The van der Waals surface area contributed by atoms with Gasteiger partial charge in [0.15, 0.2) is 6.10 Å². The number of rotatable bonds is 70. The van der Waals surface area contributed by atoms with E-state index < -0.39 is 6.10 Å². The van der Waals surface area contributed by atoms with Gasteiger partial charge in [-0.2, -0.15) is 0 Å². The van der Waals surface area contributed by atoms with Crippen LogP contribution < -0.4 is 0 Å². The lowest BCUT2D eigenvalue weighted by molar-refractivity contribution is -0.167. The first-order valence-corrected chi connectivity index (χ1v) is 37.5. The average molecular weight is 1170 g/mol. The molecule has 0 radical (unpaired) electrons. The molecule has 0 aliphatic heterocycles. The molecule has 6 heteroatoms. The van der Waals surface area contributed by atoms with Gasteiger partial charge in [0.2, 0.25) is 0 Å². The summed E-state index contributed by atoms with van der Waals surface area (Å²) in [6.07, 6.45) is 90.9. The van der Waals surface area contributed by atoms with Crippen LogP contribution in [-0.2, 0) is 28.6 Å². The summed E-state index contributed by atoms with van der Waals surface area (Å²) in [5.41, 5.74) is 0. The second-order valence-corrected chi connectivity index (χ2v) is 25.6. The number of carbonyl (C=O) groups is 3. The zero-order valence-corrected chi connectivity index (χ0v) is 56.2. The summed E-state index contributed by atoms with van der Waals surface area (Å²) >= 11 is 0. The lowest BCUT2D eigenvalue weighted by atomic mass is 10.0. The van der Waals surface area contributed by atoms with Crippen LogP contribution in [0.4, 0.5) is 0 Å². The Morgan fingerprint density at radius 3 is 0.675 bits per heavy atom. The summed E-state index contributed by atoms with van der Waals surface area (Å²) in [7, 11) is 0. The Labute approximate surface area is 518 Å². The van der Waals surface area contributed by atoms with Crippen molar-refractivity contribution in [1.82, 2.24) is 0 Å². The molecule has 83 heavy (non-hydrogen) atoms. The molecule has 0 aliphatic carbocycles. The maximum absolute atomic E-state index is 12.9. The minimum absolute atomic E-state index is 0.0652. The molecular weight excluding hydrogens is 1020 g/mol. The minimum atomic E-state index is -0.766. The third-order valence-electron chi connectivity index (χ3n) is 17.1. The molecule has 6 nitrogen and oxygen atoms in total. The summed E-state index contributed by atoms with van der Waals surface area (Å²) in [6.45, 7) is 6.66. The number of ether oxygens (including phenoxy) is 3. The standard InChI is InChI=1S/C77H144O6/c1-4-7-10-13-16-18-20-22-24-26-28-30-32-34-35-36-37-38-39-40-41-43-44-46-48-50-52-54-56-58-61-64-67-70-76(79)82-73-74(72-81-75(78)69-66-63-60-15-12-9-6-3)83-77(80)71-68-65-62-59-57-55-53-51-49-47-45-42-33-31-29-27-25-23-21-19-17-14-11-8-5-2/h20,22,26,28,32,34,74H,4-19,21,23-25,27,29-31,33,35-73H2,1-3H3/b22-20-,28-26-,34-32-. The van der Waals surface area contributed by atoms with Gasteiger partial charge in [-0.1, -0.05) is 378 Å². The van der Waals surface area contributed by atoms with E-state index in [-0.39, 0.29) is 31.1 Å². The van der Waals surface area contributed by atoms with Crippen LogP contribution in [0.1, 0.15) is 419 Å². The van der Waals surface area contributed by atoms with Crippen LogP contribution in [0.25, 0.3) is 0 Å². The molecule has 0 amide bonds. The number of esters is 3. The van der Waals surface area contributed by atoms with E-state index in [0.717, 1.165) is 70.6 Å². The lowest BCUT2D eigenvalue weighted by Crippen LogP contribution is -2.30. The topological polar surface area (TPSA) is 78.9 Å². The predicted molar refractivity (Wildman–Crippen MR) is 362 cm³/mol. The van der Waals surface area contributed by atoms with Crippen molar-refractivity contribution in [2.75, 3.05) is 13.2 Å². The van der Waals surface area contributed by atoms with Crippen LogP contribution in [-0.4, -0.2) is 37.2 Å². The van der Waals surface area contributed by atoms with E-state index in [1.165, 1.54) is 308 Å². The Kier molecular flexibility index (Phi) is 70.0. The van der Waals surface area contributed by atoms with Gasteiger partial charge in [-0.3, -0.25) is 14.4 Å². The normalized spacial score (nSPS) is 12.2. The molecule has 0 N–H and O–H groups in total. The number of carbonyl (C=O) groups excluding carboxylic acids is 3. The number of hydrogen-bond donors (Lipinski definition) is 0. The fourth-order valence-corrected chi connectivity index (χ4v) is 11.5. The van der Waals surface area contributed by atoms with Crippen LogP contribution in [0.15, 0.2) is 36.5 Å². The Balaban J connectivity index is 3.97. The highest BCUT2D eigenvalue weighted by atomic mass is 16.6. The molecule has 0 heterocycles. The molecule has 0 fully saturated rings. The smallest absolute Gasteiger partial charge is 0.306 e. The molecule has 0 spiro atoms. The first-order chi connectivity index (χ1) is 41.0. The summed E-state index contributed by atoms with van der Waals surface area (Å²) in [6, 6.07) is 0. The molecule has 0 saturated carbocycles. The van der Waals surface area contributed by atoms with Crippen molar-refractivity contribution >= 4 is 17.9 Å². The molecule has 488 valence electrons. The zero-order chi connectivity index (χ0) is 59.9. The summed E-state index contributed by atoms with van der Waals surface area (Å²) in [5.74, 6) is -0.841. The highest BCUT2D eigenvalue weighted by Gasteiger charge is 2.20. The van der Waals surface area contributed by atoms with Crippen molar-refractivity contribution < 1.29 is 28.6 Å². The lowest BCUT2D eigenvalue weighted by Gasteiger charge is -2.18. The molecule has 0 aliphatic rings. The van der Waals surface area contributed by atoms with E-state index in [9.17, 15) is 14.4 Å². The van der Waals surface area contributed by atoms with Crippen molar-refractivity contribution in [2.24, 2.45) is 0 Å². The second kappa shape index (κ2) is 72.1. The SMILES string of the molecule is CCCCCCC/C=C\C/C=C\C/C=C\CCCCCCCCCCCCCCCCCCCCC(=O)OCC(COC(=O)CCCCCCCCC)OC(=O)CCCCCCCCCCCCCCCCCCCCCCCCCCC. The summed E-state index contributed by atoms with van der Waals surface area (Å²) < 4.78 is 16.9. The highest BCUT2D eigenvalue weighted by molar-refractivity contribution is 5.71. The van der Waals surface area contributed by atoms with Crippen molar-refractivity contribution in [3.8, 4) is 0 Å². The van der Waals surface area contributed by atoms with Crippen LogP contribution in [0.2, 0.25) is 0 Å². The van der Waals surface area contributed by atoms with Gasteiger partial charge in [0.05, 0.1) is 0 Å². The fraction of sp³-hybridized carbons (Fsp3) is 0.883. The maximum Gasteiger partial charge on any atom is 0.306 e. The van der Waals surface area contributed by atoms with Crippen molar-refractivity contribution in [3.05, 3.63) is 36.5 Å². The molecular formula is C77H144O6. The van der Waals surface area contributed by atoms with Gasteiger partial charge >= 0.3 is 17.9 Å². The van der Waals surface area contributed by atoms with Gasteiger partial charge in [-0.15, -0.1) is 0 Å². The van der Waals surface area contributed by atoms with Crippen molar-refractivity contribution in [1.29, 1.82) is 0 Å². The van der Waals surface area contributed by atoms with Crippen LogP contribution in [0.3, 0.4) is 0 Å². The maximum atomic E-state index is 12.9. The molecule has 0 aromatic rings. The number of allylic oxidation sites excluding steroid dienone is 6. The van der Waals surface area contributed by atoms with Gasteiger partial charge in [0, 0.05) is 19.3 Å². The second-order valence-electron chi connectivity index (χ2n) is 25.6. The number of unbranched alkanes of at least 4 members (excludes halogenated alkanes) is 53. The van der Waals surface area contributed by atoms with E-state index in [0.29, 0.717) is 19.3 Å². The predicted octanol–water partition coefficient (Wildman–Crippen LogP) is 25.9. The first kappa shape index (κ1) is 80.6. The molecule has 1 unspecified atom stereocenters. The molecule has 0 aromatic carbocycles.